The monoisotopic (exact) mass is 255 g/mol. The van der Waals surface area contributed by atoms with Crippen LogP contribution in [-0.2, 0) is 4.74 Å². The number of nitrogens with one attached hydrogen (secondary N) is 1. The molecule has 1 saturated heterocycles. The molecule has 1 N–H and O–H groups in total. The molecular weight excluding hydrogens is 234 g/mol. The lowest BCUT2D eigenvalue weighted by Crippen LogP contribution is -2.31. The Kier molecular flexibility index (Phi) is 5.96. The van der Waals surface area contributed by atoms with E-state index in [9.17, 15) is 0 Å². The van der Waals surface area contributed by atoms with Crippen molar-refractivity contribution in [2.75, 3.05) is 20.2 Å². The predicted octanol–water partition coefficient (Wildman–Crippen LogP) is 3.10. The topological polar surface area (TPSA) is 21.3 Å². The first-order valence-electron chi connectivity index (χ1n) is 6.12. The molecule has 0 radical (unpaired) electrons. The van der Waals surface area contributed by atoms with Crippen LogP contribution in [0.5, 0.6) is 0 Å². The first-order chi connectivity index (χ1) is 7.83. The highest BCUT2D eigenvalue weighted by Gasteiger charge is 2.25. The van der Waals surface area contributed by atoms with Gasteiger partial charge in [0, 0.05) is 7.11 Å². The number of halogens is 1. The van der Waals surface area contributed by atoms with Crippen molar-refractivity contribution in [1.82, 2.24) is 5.32 Å². The number of piperidine rings is 1. The van der Waals surface area contributed by atoms with Gasteiger partial charge in [-0.2, -0.15) is 0 Å². The molecule has 1 fully saturated rings. The second-order valence-electron chi connectivity index (χ2n) is 4.60. The SMILES string of the molecule is COC(c1ccccc1C)C1CCNCC1.Cl. The number of hydrogen-bond donors (Lipinski definition) is 1. The minimum Gasteiger partial charge on any atom is -0.376 e. The fourth-order valence-corrected chi connectivity index (χ4v) is 2.63. The van der Waals surface area contributed by atoms with Crippen molar-refractivity contribution in [3.05, 3.63) is 35.4 Å². The van der Waals surface area contributed by atoms with Gasteiger partial charge in [0.1, 0.15) is 0 Å². The van der Waals surface area contributed by atoms with E-state index >= 15 is 0 Å². The Bertz CT molecular complexity index is 337. The normalized spacial score (nSPS) is 18.5. The Balaban J connectivity index is 0.00000144. The lowest BCUT2D eigenvalue weighted by molar-refractivity contribution is 0.0378. The average molecular weight is 256 g/mol. The van der Waals surface area contributed by atoms with Crippen molar-refractivity contribution in [2.45, 2.75) is 25.9 Å². The summed E-state index contributed by atoms with van der Waals surface area (Å²) in [5.74, 6) is 0.660. The summed E-state index contributed by atoms with van der Waals surface area (Å²) < 4.78 is 5.73. The maximum Gasteiger partial charge on any atom is 0.0852 e. The Hall–Kier alpha value is -0.570. The van der Waals surface area contributed by atoms with Gasteiger partial charge in [-0.15, -0.1) is 12.4 Å². The van der Waals surface area contributed by atoms with Crippen LogP contribution in [0.15, 0.2) is 24.3 Å². The number of hydrogen-bond acceptors (Lipinski definition) is 2. The van der Waals surface area contributed by atoms with Crippen LogP contribution >= 0.6 is 12.4 Å². The maximum atomic E-state index is 5.73. The fourth-order valence-electron chi connectivity index (χ4n) is 2.63. The van der Waals surface area contributed by atoms with Crippen molar-refractivity contribution in [1.29, 1.82) is 0 Å². The second-order valence-corrected chi connectivity index (χ2v) is 4.60. The van der Waals surface area contributed by atoms with Gasteiger partial charge in [-0.05, 0) is 49.9 Å². The summed E-state index contributed by atoms with van der Waals surface area (Å²) in [5, 5.41) is 3.40. The van der Waals surface area contributed by atoms with E-state index in [4.69, 9.17) is 4.74 Å². The van der Waals surface area contributed by atoms with Gasteiger partial charge in [0.25, 0.3) is 0 Å². The van der Waals surface area contributed by atoms with Crippen LogP contribution in [0, 0.1) is 12.8 Å². The van der Waals surface area contributed by atoms with E-state index in [1.165, 1.54) is 24.0 Å². The van der Waals surface area contributed by atoms with Gasteiger partial charge >= 0.3 is 0 Å². The Morgan fingerprint density at radius 2 is 1.88 bits per heavy atom. The van der Waals surface area contributed by atoms with Gasteiger partial charge < -0.3 is 10.1 Å². The second kappa shape index (κ2) is 7.00. The Labute approximate surface area is 110 Å². The first kappa shape index (κ1) is 14.5. The zero-order valence-electron chi connectivity index (χ0n) is 10.6. The highest BCUT2D eigenvalue weighted by Crippen LogP contribution is 2.33. The highest BCUT2D eigenvalue weighted by atomic mass is 35.5. The lowest BCUT2D eigenvalue weighted by Gasteiger charge is -2.30. The third-order valence-electron chi connectivity index (χ3n) is 3.56. The molecule has 1 aliphatic heterocycles. The molecule has 3 heteroatoms. The van der Waals surface area contributed by atoms with Gasteiger partial charge in [0.2, 0.25) is 0 Å². The van der Waals surface area contributed by atoms with Crippen LogP contribution in [0.3, 0.4) is 0 Å². The van der Waals surface area contributed by atoms with Crippen LogP contribution in [0.2, 0.25) is 0 Å². The predicted molar refractivity (Wildman–Crippen MR) is 73.8 cm³/mol. The third kappa shape index (κ3) is 3.44. The van der Waals surface area contributed by atoms with E-state index in [-0.39, 0.29) is 18.5 Å². The quantitative estimate of drug-likeness (QED) is 0.896. The maximum absolute atomic E-state index is 5.73. The van der Waals surface area contributed by atoms with E-state index in [1.807, 2.05) is 7.11 Å². The summed E-state index contributed by atoms with van der Waals surface area (Å²) in [5.41, 5.74) is 2.70. The van der Waals surface area contributed by atoms with E-state index in [0.717, 1.165) is 13.1 Å². The molecule has 1 atom stereocenters. The van der Waals surface area contributed by atoms with Gasteiger partial charge in [0.05, 0.1) is 6.10 Å². The molecule has 1 unspecified atom stereocenters. The van der Waals surface area contributed by atoms with Crippen molar-refractivity contribution < 1.29 is 4.74 Å². The third-order valence-corrected chi connectivity index (χ3v) is 3.56. The molecule has 2 rings (SSSR count). The minimum absolute atomic E-state index is 0. The van der Waals surface area contributed by atoms with Crippen LogP contribution in [0.25, 0.3) is 0 Å². The molecule has 0 aromatic heterocycles. The molecule has 1 aliphatic rings. The van der Waals surface area contributed by atoms with E-state index in [0.29, 0.717) is 5.92 Å². The molecule has 0 aliphatic carbocycles. The molecule has 1 heterocycles. The van der Waals surface area contributed by atoms with Crippen molar-refractivity contribution in [2.24, 2.45) is 5.92 Å². The Morgan fingerprint density at radius 1 is 1.24 bits per heavy atom. The summed E-state index contributed by atoms with van der Waals surface area (Å²) in [7, 11) is 1.83. The van der Waals surface area contributed by atoms with Gasteiger partial charge in [0.15, 0.2) is 0 Å². The van der Waals surface area contributed by atoms with Gasteiger partial charge in [-0.3, -0.25) is 0 Å². The summed E-state index contributed by atoms with van der Waals surface area (Å²) in [6.45, 7) is 4.41. The van der Waals surface area contributed by atoms with Crippen molar-refractivity contribution >= 4 is 12.4 Å². The number of methoxy groups -OCH3 is 1. The molecular formula is C14H22ClNO. The van der Waals surface area contributed by atoms with Crippen LogP contribution in [0.4, 0.5) is 0 Å². The molecule has 96 valence electrons. The minimum atomic E-state index is 0. The lowest BCUT2D eigenvalue weighted by atomic mass is 9.86. The van der Waals surface area contributed by atoms with E-state index in [1.54, 1.807) is 0 Å². The number of ether oxygens (including phenoxy) is 1. The van der Waals surface area contributed by atoms with E-state index < -0.39 is 0 Å². The van der Waals surface area contributed by atoms with Crippen LogP contribution < -0.4 is 5.32 Å². The fraction of sp³-hybridized carbons (Fsp3) is 0.571. The van der Waals surface area contributed by atoms with Gasteiger partial charge in [-0.25, -0.2) is 0 Å². The first-order valence-corrected chi connectivity index (χ1v) is 6.12. The summed E-state index contributed by atoms with van der Waals surface area (Å²) >= 11 is 0. The average Bonchev–Trinajstić information content (AvgIpc) is 2.34. The highest BCUT2D eigenvalue weighted by molar-refractivity contribution is 5.85. The Morgan fingerprint density at radius 3 is 2.47 bits per heavy atom. The standard InChI is InChI=1S/C14H21NO.ClH/c1-11-5-3-4-6-13(11)14(16-2)12-7-9-15-10-8-12;/h3-6,12,14-15H,7-10H2,1-2H3;1H. The molecule has 0 amide bonds. The van der Waals surface area contributed by atoms with Crippen molar-refractivity contribution in [3.8, 4) is 0 Å². The van der Waals surface area contributed by atoms with Crippen molar-refractivity contribution in [3.63, 3.8) is 0 Å². The van der Waals surface area contributed by atoms with Crippen LogP contribution in [-0.4, -0.2) is 20.2 Å². The molecule has 2 nitrogen and oxygen atoms in total. The van der Waals surface area contributed by atoms with Crippen LogP contribution in [0.1, 0.15) is 30.1 Å². The number of rotatable bonds is 3. The molecule has 1 aromatic carbocycles. The molecule has 17 heavy (non-hydrogen) atoms. The number of benzene rings is 1. The van der Waals surface area contributed by atoms with E-state index in [2.05, 4.69) is 36.5 Å². The zero-order chi connectivity index (χ0) is 11.4. The molecule has 0 spiro atoms. The van der Waals surface area contributed by atoms with Gasteiger partial charge in [-0.1, -0.05) is 24.3 Å². The smallest absolute Gasteiger partial charge is 0.0852 e. The number of aryl methyl sites for hydroxylation is 1. The summed E-state index contributed by atoms with van der Waals surface area (Å²) in [6.07, 6.45) is 2.70. The molecule has 1 aromatic rings. The molecule has 0 saturated carbocycles. The largest absolute Gasteiger partial charge is 0.376 e. The molecule has 0 bridgehead atoms. The summed E-state index contributed by atoms with van der Waals surface area (Å²) in [4.78, 5) is 0. The summed E-state index contributed by atoms with van der Waals surface area (Å²) in [6, 6.07) is 8.57. The zero-order valence-corrected chi connectivity index (χ0v) is 11.4.